The number of thiophene rings is 1. The first kappa shape index (κ1) is 33.8. The summed E-state index contributed by atoms with van der Waals surface area (Å²) in [4.78, 5) is 30.0. The lowest BCUT2D eigenvalue weighted by atomic mass is 10.0. The van der Waals surface area contributed by atoms with Crippen molar-refractivity contribution in [2.24, 2.45) is 0 Å². The lowest BCUT2D eigenvalue weighted by Crippen LogP contribution is -2.54. The van der Waals surface area contributed by atoms with Crippen LogP contribution in [0.3, 0.4) is 0 Å². The van der Waals surface area contributed by atoms with E-state index < -0.39 is 16.0 Å². The van der Waals surface area contributed by atoms with Gasteiger partial charge in [-0.15, -0.1) is 11.3 Å². The molecule has 0 radical (unpaired) electrons. The number of hydrogen-bond acceptors (Lipinski definition) is 7. The van der Waals surface area contributed by atoms with Crippen LogP contribution in [0.1, 0.15) is 50.8 Å². The average Bonchev–Trinajstić information content (AvgIpc) is 3.67. The van der Waals surface area contributed by atoms with Crippen LogP contribution >= 0.6 is 27.3 Å². The number of piperazine rings is 1. The summed E-state index contributed by atoms with van der Waals surface area (Å²) < 4.78 is 37.8. The fourth-order valence-electron chi connectivity index (χ4n) is 6.57. The number of amides is 1. The molecule has 5 aromatic rings. The summed E-state index contributed by atoms with van der Waals surface area (Å²) in [6.07, 6.45) is 0.826. The Hall–Kier alpha value is -4.13. The number of aryl methyl sites for hydroxylation is 2. The van der Waals surface area contributed by atoms with Crippen LogP contribution in [0.5, 0.6) is 0 Å². The molecule has 1 fully saturated rings. The number of furan rings is 1. The molecule has 1 atom stereocenters. The maximum atomic E-state index is 15.0. The molecule has 3 heterocycles. The van der Waals surface area contributed by atoms with Crippen LogP contribution in [0.2, 0.25) is 0 Å². The number of halogens is 1. The second kappa shape index (κ2) is 13.8. The van der Waals surface area contributed by atoms with E-state index in [2.05, 4.69) is 20.8 Å². The summed E-state index contributed by atoms with van der Waals surface area (Å²) in [5, 5.41) is 12.1. The predicted octanol–water partition coefficient (Wildman–Crippen LogP) is 7.61. The highest BCUT2D eigenvalue weighted by molar-refractivity contribution is 9.10. The molecule has 1 unspecified atom stereocenters. The normalized spacial score (nSPS) is 15.2. The van der Waals surface area contributed by atoms with Crippen molar-refractivity contribution in [2.45, 2.75) is 44.6 Å². The molecule has 2 aromatic heterocycles. The molecule has 0 spiro atoms. The van der Waals surface area contributed by atoms with Gasteiger partial charge in [0.05, 0.1) is 16.3 Å². The van der Waals surface area contributed by atoms with E-state index in [1.54, 1.807) is 13.0 Å². The molecule has 1 saturated heterocycles. The zero-order chi connectivity index (χ0) is 34.2. The maximum Gasteiger partial charge on any atom is 0.372 e. The molecule has 250 valence electrons. The SMILES string of the molecule is CCc1c(S(=O)(=O)N(CCc2ccccc2)c2ccccc2N2CCN(C(=O)c3sccc3Br)CC2C)ccc2oc(C(=O)O)c(C)c12. The largest absolute Gasteiger partial charge is 0.475 e. The zero-order valence-electron chi connectivity index (χ0n) is 26.9. The second-order valence-corrected chi connectivity index (χ2v) is 15.4. The van der Waals surface area contributed by atoms with Crippen LogP contribution in [0.25, 0.3) is 11.0 Å². The van der Waals surface area contributed by atoms with E-state index in [1.165, 1.54) is 21.7 Å². The van der Waals surface area contributed by atoms with Crippen molar-refractivity contribution in [1.29, 1.82) is 0 Å². The Kier molecular flexibility index (Phi) is 9.69. The minimum atomic E-state index is -4.17. The number of sulfonamides is 1. The van der Waals surface area contributed by atoms with Gasteiger partial charge in [-0.25, -0.2) is 13.2 Å². The number of benzene rings is 3. The summed E-state index contributed by atoms with van der Waals surface area (Å²) in [6, 6.07) is 22.1. The van der Waals surface area contributed by atoms with E-state index in [0.717, 1.165) is 15.7 Å². The quantitative estimate of drug-likeness (QED) is 0.156. The van der Waals surface area contributed by atoms with E-state index in [0.29, 0.717) is 65.1 Å². The van der Waals surface area contributed by atoms with Gasteiger partial charge in [-0.3, -0.25) is 9.10 Å². The number of carboxylic acids is 1. The lowest BCUT2D eigenvalue weighted by Gasteiger charge is -2.42. The number of hydrogen-bond donors (Lipinski definition) is 1. The van der Waals surface area contributed by atoms with Crippen molar-refractivity contribution in [3.8, 4) is 0 Å². The highest BCUT2D eigenvalue weighted by Gasteiger charge is 2.35. The number of carboxylic acid groups (broad SMARTS) is 1. The highest BCUT2D eigenvalue weighted by Crippen LogP contribution is 2.39. The molecule has 0 bridgehead atoms. The van der Waals surface area contributed by atoms with Crippen molar-refractivity contribution in [2.75, 3.05) is 35.4 Å². The van der Waals surface area contributed by atoms with Crippen LogP contribution in [-0.2, 0) is 22.9 Å². The van der Waals surface area contributed by atoms with Crippen molar-refractivity contribution < 1.29 is 27.5 Å². The first-order valence-electron chi connectivity index (χ1n) is 15.8. The highest BCUT2D eigenvalue weighted by atomic mass is 79.9. The molecule has 1 aliphatic rings. The van der Waals surface area contributed by atoms with Gasteiger partial charge in [0, 0.05) is 47.6 Å². The van der Waals surface area contributed by atoms with Gasteiger partial charge in [0.25, 0.3) is 15.9 Å². The zero-order valence-corrected chi connectivity index (χ0v) is 30.1. The predicted molar refractivity (Wildman–Crippen MR) is 193 cm³/mol. The van der Waals surface area contributed by atoms with E-state index in [-0.39, 0.29) is 29.1 Å². The lowest BCUT2D eigenvalue weighted by molar-refractivity contribution is 0.0663. The first-order valence-corrected chi connectivity index (χ1v) is 18.9. The number of para-hydroxylation sites is 2. The molecule has 48 heavy (non-hydrogen) atoms. The van der Waals surface area contributed by atoms with Gasteiger partial charge in [0.2, 0.25) is 5.76 Å². The van der Waals surface area contributed by atoms with Crippen molar-refractivity contribution in [3.63, 3.8) is 0 Å². The molecule has 3 aromatic carbocycles. The maximum absolute atomic E-state index is 15.0. The number of anilines is 2. The second-order valence-electron chi connectivity index (χ2n) is 11.8. The van der Waals surface area contributed by atoms with Gasteiger partial charge >= 0.3 is 5.97 Å². The van der Waals surface area contributed by atoms with Gasteiger partial charge in [-0.05, 0) is 89.5 Å². The van der Waals surface area contributed by atoms with Crippen LogP contribution in [0, 0.1) is 6.92 Å². The van der Waals surface area contributed by atoms with Crippen LogP contribution in [-0.4, -0.2) is 62.5 Å². The Bertz CT molecular complexity index is 2090. The number of nitrogens with zero attached hydrogens (tertiary/aromatic N) is 3. The third-order valence-corrected chi connectivity index (χ3v) is 12.6. The van der Waals surface area contributed by atoms with E-state index in [4.69, 9.17) is 4.42 Å². The molecular weight excluding hydrogens is 714 g/mol. The molecule has 1 amide bonds. The molecule has 1 N–H and O–H groups in total. The fourth-order valence-corrected chi connectivity index (χ4v) is 9.86. The molecular formula is C36H36BrN3O6S2. The van der Waals surface area contributed by atoms with Crippen LogP contribution in [0.15, 0.2) is 92.0 Å². The minimum absolute atomic E-state index is 0.0215. The Balaban J connectivity index is 1.41. The Morgan fingerprint density at radius 3 is 2.44 bits per heavy atom. The smallest absolute Gasteiger partial charge is 0.372 e. The summed E-state index contributed by atoms with van der Waals surface area (Å²) in [6.45, 7) is 7.23. The number of fused-ring (bicyclic) bond motifs is 1. The number of aromatic carboxylic acids is 1. The van der Waals surface area contributed by atoms with E-state index in [1.807, 2.05) is 84.8 Å². The first-order chi connectivity index (χ1) is 23.0. The van der Waals surface area contributed by atoms with Gasteiger partial charge in [0.15, 0.2) is 0 Å². The van der Waals surface area contributed by atoms with Gasteiger partial charge in [-0.2, -0.15) is 0 Å². The third-order valence-electron chi connectivity index (χ3n) is 8.91. The summed E-state index contributed by atoms with van der Waals surface area (Å²) in [5.74, 6) is -1.42. The van der Waals surface area contributed by atoms with E-state index in [9.17, 15) is 23.1 Å². The number of carbonyl (C=O) groups excluding carboxylic acids is 1. The Labute approximate surface area is 292 Å². The van der Waals surface area contributed by atoms with Gasteiger partial charge in [-0.1, -0.05) is 49.4 Å². The molecule has 0 saturated carbocycles. The summed E-state index contributed by atoms with van der Waals surface area (Å²) >= 11 is 4.89. The van der Waals surface area contributed by atoms with Crippen LogP contribution < -0.4 is 9.21 Å². The topological polar surface area (TPSA) is 111 Å². The Morgan fingerprint density at radius 2 is 1.77 bits per heavy atom. The Morgan fingerprint density at radius 1 is 1.04 bits per heavy atom. The van der Waals surface area contributed by atoms with Crippen LogP contribution in [0.4, 0.5) is 11.4 Å². The van der Waals surface area contributed by atoms with Crippen molar-refractivity contribution >= 4 is 71.5 Å². The molecule has 1 aliphatic heterocycles. The number of rotatable bonds is 10. The van der Waals surface area contributed by atoms with Crippen molar-refractivity contribution in [3.05, 3.63) is 110 Å². The van der Waals surface area contributed by atoms with E-state index >= 15 is 0 Å². The number of carbonyl (C=O) groups is 2. The average molecular weight is 751 g/mol. The molecule has 9 nitrogen and oxygen atoms in total. The monoisotopic (exact) mass is 749 g/mol. The molecule has 0 aliphatic carbocycles. The fraction of sp³-hybridized carbons (Fsp3) is 0.278. The van der Waals surface area contributed by atoms with Gasteiger partial charge < -0.3 is 19.3 Å². The standard InChI is InChI=1S/C36H36BrN3O6S2/c1-4-26-31(15-14-30-32(26)24(3)33(46-30)36(42)43)48(44,45)40(18-16-25-10-6-5-7-11-25)29-13-9-8-12-28(29)39-20-19-38(22-23(39)2)35(41)34-27(37)17-21-47-34/h5-15,17,21,23H,4,16,18-20,22H2,1-3H3,(H,42,43). The minimum Gasteiger partial charge on any atom is -0.475 e. The molecule has 6 rings (SSSR count). The van der Waals surface area contributed by atoms with Crippen molar-refractivity contribution in [1.82, 2.24) is 4.90 Å². The van der Waals surface area contributed by atoms with Gasteiger partial charge in [0.1, 0.15) is 10.5 Å². The third kappa shape index (κ3) is 6.24. The molecule has 12 heteroatoms. The summed E-state index contributed by atoms with van der Waals surface area (Å²) in [5.41, 5.74) is 3.56. The summed E-state index contributed by atoms with van der Waals surface area (Å²) in [7, 11) is -4.17.